The van der Waals surface area contributed by atoms with Gasteiger partial charge in [-0.25, -0.2) is 4.39 Å². The summed E-state index contributed by atoms with van der Waals surface area (Å²) >= 11 is 0. The molecule has 1 aliphatic rings. The van der Waals surface area contributed by atoms with Crippen molar-refractivity contribution in [3.05, 3.63) is 36.5 Å². The molecule has 0 saturated carbocycles. The van der Waals surface area contributed by atoms with E-state index in [9.17, 15) is 4.39 Å². The molecule has 1 aromatic carbocycles. The van der Waals surface area contributed by atoms with Crippen molar-refractivity contribution < 1.29 is 9.13 Å². The fraction of sp³-hybridized carbons (Fsp3) is 0.273. The predicted octanol–water partition coefficient (Wildman–Crippen LogP) is 2.18. The minimum atomic E-state index is -0.222. The van der Waals surface area contributed by atoms with Crippen molar-refractivity contribution in [2.75, 3.05) is 30.4 Å². The number of halogens is 1. The van der Waals surface area contributed by atoms with Crippen LogP contribution < -0.4 is 10.2 Å². The van der Waals surface area contributed by atoms with E-state index in [-0.39, 0.29) is 5.82 Å². The van der Waals surface area contributed by atoms with Crippen LogP contribution in [0, 0.1) is 5.82 Å². The summed E-state index contributed by atoms with van der Waals surface area (Å²) in [6, 6.07) is 4.96. The van der Waals surface area contributed by atoms with Crippen molar-refractivity contribution in [2.24, 2.45) is 0 Å². The first kappa shape index (κ1) is 9.83. The number of nitrogens with one attached hydrogen (secondary N) is 1. The lowest BCUT2D eigenvalue weighted by Gasteiger charge is -2.24. The number of ether oxygens (including phenoxy) is 1. The lowest BCUT2D eigenvalue weighted by molar-refractivity contribution is 0.245. The topological polar surface area (TPSA) is 24.5 Å². The highest BCUT2D eigenvalue weighted by Gasteiger charge is 2.12. The molecule has 1 N–H and O–H groups in total. The van der Waals surface area contributed by atoms with Crippen LogP contribution in [0.15, 0.2) is 30.7 Å². The van der Waals surface area contributed by atoms with Gasteiger partial charge in [0.15, 0.2) is 0 Å². The average Bonchev–Trinajstić information content (AvgIpc) is 2.31. The highest BCUT2D eigenvalue weighted by molar-refractivity contribution is 5.60. The SMILES string of the molecule is CNc1ccc(F)c(N2C=COCC2)c1. The number of hydrogen-bond donors (Lipinski definition) is 1. The van der Waals surface area contributed by atoms with E-state index in [1.165, 1.54) is 6.07 Å². The van der Waals surface area contributed by atoms with Gasteiger partial charge in [0.25, 0.3) is 0 Å². The number of benzene rings is 1. The Bertz CT molecular complexity index is 379. The molecule has 15 heavy (non-hydrogen) atoms. The van der Waals surface area contributed by atoms with Crippen molar-refractivity contribution >= 4 is 11.4 Å². The zero-order valence-electron chi connectivity index (χ0n) is 8.53. The van der Waals surface area contributed by atoms with Crippen molar-refractivity contribution in [3.63, 3.8) is 0 Å². The van der Waals surface area contributed by atoms with Crippen LogP contribution in [-0.4, -0.2) is 20.2 Å². The van der Waals surface area contributed by atoms with E-state index in [1.54, 1.807) is 24.6 Å². The van der Waals surface area contributed by atoms with Crippen LogP contribution in [0.5, 0.6) is 0 Å². The Morgan fingerprint density at radius 3 is 3.00 bits per heavy atom. The Morgan fingerprint density at radius 2 is 2.33 bits per heavy atom. The maximum absolute atomic E-state index is 13.5. The van der Waals surface area contributed by atoms with Crippen molar-refractivity contribution in [3.8, 4) is 0 Å². The average molecular weight is 208 g/mol. The molecule has 1 heterocycles. The lowest BCUT2D eigenvalue weighted by atomic mass is 10.2. The van der Waals surface area contributed by atoms with E-state index in [2.05, 4.69) is 5.32 Å². The summed E-state index contributed by atoms with van der Waals surface area (Å²) in [7, 11) is 1.81. The molecule has 0 atom stereocenters. The maximum Gasteiger partial charge on any atom is 0.146 e. The fourth-order valence-electron chi connectivity index (χ4n) is 1.50. The van der Waals surface area contributed by atoms with Crippen LogP contribution in [0.25, 0.3) is 0 Å². The van der Waals surface area contributed by atoms with Crippen LogP contribution in [0.3, 0.4) is 0 Å². The minimum Gasteiger partial charge on any atom is -0.498 e. The summed E-state index contributed by atoms with van der Waals surface area (Å²) < 4.78 is 18.6. The molecule has 4 heteroatoms. The molecule has 2 rings (SSSR count). The Labute approximate surface area is 88.1 Å². The third-order valence-corrected chi connectivity index (χ3v) is 2.33. The van der Waals surface area contributed by atoms with Crippen LogP contribution in [0.2, 0.25) is 0 Å². The summed E-state index contributed by atoms with van der Waals surface area (Å²) in [6.45, 7) is 1.25. The third kappa shape index (κ3) is 2.03. The molecule has 0 unspecified atom stereocenters. The van der Waals surface area contributed by atoms with Crippen LogP contribution in [0.1, 0.15) is 0 Å². The summed E-state index contributed by atoms with van der Waals surface area (Å²) in [4.78, 5) is 1.83. The van der Waals surface area contributed by atoms with Gasteiger partial charge in [-0.05, 0) is 18.2 Å². The van der Waals surface area contributed by atoms with E-state index >= 15 is 0 Å². The first-order valence-corrected chi connectivity index (χ1v) is 4.83. The highest BCUT2D eigenvalue weighted by atomic mass is 19.1. The Balaban J connectivity index is 2.32. The van der Waals surface area contributed by atoms with Gasteiger partial charge in [0.1, 0.15) is 12.4 Å². The number of hydrogen-bond acceptors (Lipinski definition) is 3. The fourth-order valence-corrected chi connectivity index (χ4v) is 1.50. The van der Waals surface area contributed by atoms with Gasteiger partial charge >= 0.3 is 0 Å². The van der Waals surface area contributed by atoms with E-state index in [1.807, 2.05) is 11.9 Å². The molecular weight excluding hydrogens is 195 g/mol. The molecule has 0 aromatic heterocycles. The number of rotatable bonds is 2. The molecule has 1 aliphatic heterocycles. The van der Waals surface area contributed by atoms with E-state index in [0.717, 1.165) is 5.69 Å². The lowest BCUT2D eigenvalue weighted by Crippen LogP contribution is -2.25. The second-order valence-electron chi connectivity index (χ2n) is 3.27. The predicted molar refractivity (Wildman–Crippen MR) is 58.4 cm³/mol. The van der Waals surface area contributed by atoms with Crippen molar-refractivity contribution in [2.45, 2.75) is 0 Å². The van der Waals surface area contributed by atoms with Crippen LogP contribution in [-0.2, 0) is 4.74 Å². The first-order chi connectivity index (χ1) is 7.31. The largest absolute Gasteiger partial charge is 0.498 e. The summed E-state index contributed by atoms with van der Waals surface area (Å²) in [6.07, 6.45) is 3.32. The van der Waals surface area contributed by atoms with E-state index < -0.39 is 0 Å². The smallest absolute Gasteiger partial charge is 0.146 e. The molecule has 0 saturated heterocycles. The monoisotopic (exact) mass is 208 g/mol. The van der Waals surface area contributed by atoms with Gasteiger partial charge in [0.05, 0.1) is 18.5 Å². The van der Waals surface area contributed by atoms with Gasteiger partial charge in [0.2, 0.25) is 0 Å². The van der Waals surface area contributed by atoms with E-state index in [4.69, 9.17) is 4.74 Å². The van der Waals surface area contributed by atoms with Crippen molar-refractivity contribution in [1.82, 2.24) is 0 Å². The number of anilines is 2. The van der Waals surface area contributed by atoms with Gasteiger partial charge in [-0.1, -0.05) is 0 Å². The molecule has 3 nitrogen and oxygen atoms in total. The molecule has 0 aliphatic carbocycles. The van der Waals surface area contributed by atoms with Gasteiger partial charge in [-0.2, -0.15) is 0 Å². The standard InChI is InChI=1S/C11H13FN2O/c1-13-9-2-3-10(12)11(8-9)14-4-6-15-7-5-14/h2-4,6,8,13H,5,7H2,1H3. The van der Waals surface area contributed by atoms with Gasteiger partial charge in [0, 0.05) is 18.9 Å². The Hall–Kier alpha value is -1.71. The second kappa shape index (κ2) is 4.21. The summed E-state index contributed by atoms with van der Waals surface area (Å²) in [5, 5.41) is 2.98. The van der Waals surface area contributed by atoms with E-state index in [0.29, 0.717) is 18.8 Å². The molecule has 0 fully saturated rings. The van der Waals surface area contributed by atoms with Crippen LogP contribution >= 0.6 is 0 Å². The zero-order valence-corrected chi connectivity index (χ0v) is 8.53. The summed E-state index contributed by atoms with van der Waals surface area (Å²) in [5.41, 5.74) is 1.47. The third-order valence-electron chi connectivity index (χ3n) is 2.33. The highest BCUT2D eigenvalue weighted by Crippen LogP contribution is 2.24. The van der Waals surface area contributed by atoms with Gasteiger partial charge in [-0.15, -0.1) is 0 Å². The van der Waals surface area contributed by atoms with Crippen molar-refractivity contribution in [1.29, 1.82) is 0 Å². The van der Waals surface area contributed by atoms with Gasteiger partial charge < -0.3 is 15.0 Å². The molecule has 0 radical (unpaired) electrons. The Kier molecular flexibility index (Phi) is 2.76. The Morgan fingerprint density at radius 1 is 1.47 bits per heavy atom. The molecule has 0 spiro atoms. The number of nitrogens with zero attached hydrogens (tertiary/aromatic N) is 1. The second-order valence-corrected chi connectivity index (χ2v) is 3.27. The minimum absolute atomic E-state index is 0.222. The quantitative estimate of drug-likeness (QED) is 0.806. The maximum atomic E-state index is 13.5. The zero-order chi connectivity index (χ0) is 10.7. The molecule has 0 amide bonds. The molecular formula is C11H13FN2O. The van der Waals surface area contributed by atoms with Crippen LogP contribution in [0.4, 0.5) is 15.8 Å². The normalized spacial score (nSPS) is 14.9. The molecule has 80 valence electrons. The first-order valence-electron chi connectivity index (χ1n) is 4.83. The van der Waals surface area contributed by atoms with Gasteiger partial charge in [-0.3, -0.25) is 0 Å². The summed E-state index contributed by atoms with van der Waals surface area (Å²) in [5.74, 6) is -0.222. The molecule has 0 bridgehead atoms. The molecule has 1 aromatic rings.